The van der Waals surface area contributed by atoms with Crippen molar-refractivity contribution in [1.29, 1.82) is 0 Å². The van der Waals surface area contributed by atoms with Gasteiger partial charge in [0.1, 0.15) is 12.4 Å². The number of nitrogens with one attached hydrogen (secondary N) is 1. The number of carbonyl (C=O) groups is 2. The number of rotatable bonds is 9. The smallest absolute Gasteiger partial charge is 0.338 e. The molecule has 178 valence electrons. The van der Waals surface area contributed by atoms with E-state index in [-0.39, 0.29) is 25.7 Å². The van der Waals surface area contributed by atoms with E-state index in [9.17, 15) is 9.59 Å². The fourth-order valence-corrected chi connectivity index (χ4v) is 3.92. The number of aryl methyl sites for hydroxylation is 2. The van der Waals surface area contributed by atoms with Gasteiger partial charge in [0.05, 0.1) is 23.5 Å². The van der Waals surface area contributed by atoms with Gasteiger partial charge in [0.2, 0.25) is 0 Å². The zero-order valence-corrected chi connectivity index (χ0v) is 19.6. The number of amides is 1. The van der Waals surface area contributed by atoms with Crippen LogP contribution in [-0.2, 0) is 9.53 Å². The first kappa shape index (κ1) is 24.5. The Hall–Kier alpha value is -3.10. The van der Waals surface area contributed by atoms with Crippen LogP contribution in [0.2, 0.25) is 0 Å². The fourth-order valence-electron chi connectivity index (χ4n) is 3.92. The van der Waals surface area contributed by atoms with Crippen LogP contribution in [0.3, 0.4) is 0 Å². The van der Waals surface area contributed by atoms with Crippen LogP contribution in [0.4, 0.5) is 11.4 Å². The second-order valence-electron chi connectivity index (χ2n) is 8.17. The molecule has 2 aromatic carbocycles. The summed E-state index contributed by atoms with van der Waals surface area (Å²) in [7, 11) is 0. The molecule has 1 heterocycles. The Bertz CT molecular complexity index is 950. The molecule has 3 rings (SSSR count). The van der Waals surface area contributed by atoms with Gasteiger partial charge >= 0.3 is 5.97 Å². The minimum atomic E-state index is -0.548. The highest BCUT2D eigenvalue weighted by Gasteiger charge is 2.21. The van der Waals surface area contributed by atoms with Gasteiger partial charge in [-0.25, -0.2) is 4.79 Å². The summed E-state index contributed by atoms with van der Waals surface area (Å²) in [4.78, 5) is 29.6. The van der Waals surface area contributed by atoms with Crippen LogP contribution in [0, 0.1) is 13.8 Å². The average molecular weight is 456 g/mol. The fraction of sp³-hybridized carbons (Fsp3) is 0.440. The number of piperazine rings is 1. The van der Waals surface area contributed by atoms with E-state index in [0.717, 1.165) is 49.5 Å². The van der Waals surface area contributed by atoms with Crippen molar-refractivity contribution in [1.82, 2.24) is 4.90 Å². The maximum atomic E-state index is 12.7. The molecule has 1 saturated heterocycles. The predicted molar refractivity (Wildman–Crippen MR) is 128 cm³/mol. The zero-order chi connectivity index (χ0) is 23.8. The lowest BCUT2D eigenvalue weighted by atomic mass is 10.1. The molecule has 0 radical (unpaired) electrons. The maximum Gasteiger partial charge on any atom is 0.338 e. The molecule has 2 N–H and O–H groups in total. The van der Waals surface area contributed by atoms with E-state index >= 15 is 0 Å². The van der Waals surface area contributed by atoms with Crippen LogP contribution in [0.5, 0.6) is 5.75 Å². The first-order chi connectivity index (χ1) is 15.9. The molecule has 0 saturated carbocycles. The van der Waals surface area contributed by atoms with E-state index < -0.39 is 5.97 Å². The highest BCUT2D eigenvalue weighted by atomic mass is 16.5. The summed E-state index contributed by atoms with van der Waals surface area (Å²) in [5, 5.41) is 11.8. The number of esters is 1. The second-order valence-corrected chi connectivity index (χ2v) is 8.17. The van der Waals surface area contributed by atoms with Gasteiger partial charge in [0, 0.05) is 26.2 Å². The normalized spacial score (nSPS) is 14.1. The highest BCUT2D eigenvalue weighted by molar-refractivity contribution is 5.98. The van der Waals surface area contributed by atoms with Gasteiger partial charge in [-0.15, -0.1) is 0 Å². The van der Waals surface area contributed by atoms with Gasteiger partial charge in [-0.1, -0.05) is 13.0 Å². The molecular formula is C25H33N3O5. The van der Waals surface area contributed by atoms with Gasteiger partial charge in [-0.05, 0) is 61.9 Å². The molecule has 1 amide bonds. The number of carbonyl (C=O) groups excluding carboxylic acids is 2. The second kappa shape index (κ2) is 11.7. The van der Waals surface area contributed by atoms with Gasteiger partial charge in [0.25, 0.3) is 5.91 Å². The van der Waals surface area contributed by atoms with E-state index in [0.29, 0.717) is 17.0 Å². The molecule has 8 heteroatoms. The Labute approximate surface area is 195 Å². The van der Waals surface area contributed by atoms with Gasteiger partial charge < -0.3 is 29.7 Å². The van der Waals surface area contributed by atoms with Crippen LogP contribution >= 0.6 is 0 Å². The molecule has 0 aliphatic carbocycles. The zero-order valence-electron chi connectivity index (χ0n) is 19.6. The Morgan fingerprint density at radius 2 is 1.73 bits per heavy atom. The number of aliphatic hydroxyl groups excluding tert-OH is 1. The van der Waals surface area contributed by atoms with Crippen molar-refractivity contribution in [2.24, 2.45) is 0 Å². The molecule has 0 atom stereocenters. The minimum absolute atomic E-state index is 0.0784. The third-order valence-electron chi connectivity index (χ3n) is 5.56. The lowest BCUT2D eigenvalue weighted by Gasteiger charge is -2.36. The van der Waals surface area contributed by atoms with Crippen molar-refractivity contribution in [3.8, 4) is 5.75 Å². The summed E-state index contributed by atoms with van der Waals surface area (Å²) in [6, 6.07) is 10.9. The van der Waals surface area contributed by atoms with E-state index in [1.54, 1.807) is 12.1 Å². The molecule has 8 nitrogen and oxygen atoms in total. The summed E-state index contributed by atoms with van der Waals surface area (Å²) in [5.74, 6) is -0.225. The number of nitrogens with zero attached hydrogens (tertiary/aromatic N) is 2. The van der Waals surface area contributed by atoms with Crippen LogP contribution in [-0.4, -0.2) is 74.4 Å². The number of anilines is 2. The largest absolute Gasteiger partial charge is 0.484 e. The first-order valence-corrected chi connectivity index (χ1v) is 11.3. The van der Waals surface area contributed by atoms with E-state index in [2.05, 4.69) is 22.0 Å². The Morgan fingerprint density at radius 1 is 1.03 bits per heavy atom. The first-order valence-electron chi connectivity index (χ1n) is 11.3. The van der Waals surface area contributed by atoms with Crippen molar-refractivity contribution < 1.29 is 24.2 Å². The summed E-state index contributed by atoms with van der Waals surface area (Å²) < 4.78 is 10.7. The summed E-state index contributed by atoms with van der Waals surface area (Å²) >= 11 is 0. The Kier molecular flexibility index (Phi) is 8.68. The number of hydrogen-bond acceptors (Lipinski definition) is 7. The van der Waals surface area contributed by atoms with Crippen LogP contribution in [0.1, 0.15) is 28.4 Å². The molecule has 1 aliphatic rings. The topological polar surface area (TPSA) is 91.3 Å². The SMILES string of the molecule is CCN1CCN(c2ccc(C(=O)OCCO)cc2NC(=O)COc2cc(C)cc(C)c2)CC1. The minimum Gasteiger partial charge on any atom is -0.484 e. The summed E-state index contributed by atoms with van der Waals surface area (Å²) in [5.41, 5.74) is 3.82. The van der Waals surface area contributed by atoms with Crippen molar-refractivity contribution in [3.63, 3.8) is 0 Å². The molecule has 0 spiro atoms. The molecule has 0 bridgehead atoms. The number of aliphatic hydroxyl groups is 1. The quantitative estimate of drug-likeness (QED) is 0.562. The van der Waals surface area contributed by atoms with E-state index in [1.165, 1.54) is 0 Å². The number of ether oxygens (including phenoxy) is 2. The van der Waals surface area contributed by atoms with Crippen molar-refractivity contribution in [3.05, 3.63) is 53.1 Å². The van der Waals surface area contributed by atoms with Crippen LogP contribution < -0.4 is 15.0 Å². The van der Waals surface area contributed by atoms with Crippen molar-refractivity contribution >= 4 is 23.3 Å². The third kappa shape index (κ3) is 6.94. The van der Waals surface area contributed by atoms with Crippen LogP contribution in [0.15, 0.2) is 36.4 Å². The monoisotopic (exact) mass is 455 g/mol. The highest BCUT2D eigenvalue weighted by Crippen LogP contribution is 2.29. The number of hydrogen-bond donors (Lipinski definition) is 2. The van der Waals surface area contributed by atoms with Crippen molar-refractivity contribution in [2.45, 2.75) is 20.8 Å². The average Bonchev–Trinajstić information content (AvgIpc) is 2.80. The van der Waals surface area contributed by atoms with Gasteiger partial charge in [-0.3, -0.25) is 4.79 Å². The molecule has 33 heavy (non-hydrogen) atoms. The molecule has 0 unspecified atom stereocenters. The van der Waals surface area contributed by atoms with Crippen LogP contribution in [0.25, 0.3) is 0 Å². The number of benzene rings is 2. The summed E-state index contributed by atoms with van der Waals surface area (Å²) in [6.45, 7) is 10.1. The predicted octanol–water partition coefficient (Wildman–Crippen LogP) is 2.61. The third-order valence-corrected chi connectivity index (χ3v) is 5.56. The number of likely N-dealkylation sites (N-methyl/N-ethyl adjacent to an activating group) is 1. The van der Waals surface area contributed by atoms with Gasteiger partial charge in [-0.2, -0.15) is 0 Å². The molecular weight excluding hydrogens is 422 g/mol. The molecule has 0 aromatic heterocycles. The maximum absolute atomic E-state index is 12.7. The molecule has 1 fully saturated rings. The molecule has 1 aliphatic heterocycles. The van der Waals surface area contributed by atoms with Gasteiger partial charge in [0.15, 0.2) is 6.61 Å². The molecule has 2 aromatic rings. The standard InChI is InChI=1S/C25H33N3O5/c1-4-27-7-9-28(10-8-27)23-6-5-20(25(31)32-12-11-29)16-22(23)26-24(30)17-33-21-14-18(2)13-19(3)15-21/h5-6,13-16,29H,4,7-12,17H2,1-3H3,(H,26,30). The van der Waals surface area contributed by atoms with E-state index in [4.69, 9.17) is 14.6 Å². The Balaban J connectivity index is 1.75. The summed E-state index contributed by atoms with van der Waals surface area (Å²) in [6.07, 6.45) is 0. The van der Waals surface area contributed by atoms with E-state index in [1.807, 2.05) is 38.1 Å². The lowest BCUT2D eigenvalue weighted by molar-refractivity contribution is -0.118. The lowest BCUT2D eigenvalue weighted by Crippen LogP contribution is -2.46. The Morgan fingerprint density at radius 3 is 2.36 bits per heavy atom. The van der Waals surface area contributed by atoms with Crippen molar-refractivity contribution in [2.75, 3.05) is 62.8 Å².